The van der Waals surface area contributed by atoms with Crippen LogP contribution in [0.1, 0.15) is 33.3 Å². The number of likely N-dealkylation sites (N-methyl/N-ethyl adjacent to an activating group) is 1. The van der Waals surface area contributed by atoms with Gasteiger partial charge in [0.1, 0.15) is 11.6 Å². The lowest BCUT2D eigenvalue weighted by molar-refractivity contribution is -0.154. The van der Waals surface area contributed by atoms with E-state index in [9.17, 15) is 9.59 Å². The number of amides is 2. The van der Waals surface area contributed by atoms with E-state index in [1.807, 2.05) is 11.0 Å². The van der Waals surface area contributed by atoms with Crippen LogP contribution in [-0.2, 0) is 19.8 Å². The first kappa shape index (κ1) is 21.6. The van der Waals surface area contributed by atoms with Crippen molar-refractivity contribution < 1.29 is 23.9 Å². The van der Waals surface area contributed by atoms with E-state index in [4.69, 9.17) is 14.3 Å². The predicted octanol–water partition coefficient (Wildman–Crippen LogP) is 1.71. The molecule has 1 unspecified atom stereocenters. The van der Waals surface area contributed by atoms with Crippen molar-refractivity contribution in [2.45, 2.75) is 39.2 Å². The average Bonchev–Trinajstić information content (AvgIpc) is 3.08. The molecule has 0 saturated carbocycles. The monoisotopic (exact) mass is 416 g/mol. The molecule has 1 aromatic carbocycles. The Hall–Kier alpha value is -3.10. The molecule has 3 heterocycles. The molecule has 2 aromatic rings. The van der Waals surface area contributed by atoms with Crippen molar-refractivity contribution in [2.24, 2.45) is 0 Å². The number of aliphatic carboxylic acids is 1. The van der Waals surface area contributed by atoms with E-state index >= 15 is 0 Å². The number of carbonyl (C=O) groups excluding carboxylic acids is 2. The molecule has 1 N–H and O–H groups in total. The van der Waals surface area contributed by atoms with Gasteiger partial charge in [-0.15, -0.1) is 0 Å². The summed E-state index contributed by atoms with van der Waals surface area (Å²) in [5.74, 6) is -0.857. The van der Waals surface area contributed by atoms with Gasteiger partial charge in [-0.2, -0.15) is 4.98 Å². The zero-order valence-corrected chi connectivity index (χ0v) is 18.0. The summed E-state index contributed by atoms with van der Waals surface area (Å²) in [6, 6.07) is 6.12. The van der Waals surface area contributed by atoms with Crippen molar-refractivity contribution in [2.75, 3.05) is 38.1 Å². The number of aromatic nitrogens is 1. The minimum atomic E-state index is -0.833. The average molecular weight is 416 g/mol. The first-order chi connectivity index (χ1) is 14.0. The lowest BCUT2D eigenvalue weighted by Gasteiger charge is -2.44. The van der Waals surface area contributed by atoms with E-state index in [1.54, 1.807) is 11.9 Å². The molecule has 30 heavy (non-hydrogen) atoms. The van der Waals surface area contributed by atoms with Crippen LogP contribution in [0, 0.1) is 0 Å². The Bertz CT molecular complexity index is 973. The molecule has 4 rings (SSSR count). The van der Waals surface area contributed by atoms with Gasteiger partial charge in [0, 0.05) is 27.1 Å². The van der Waals surface area contributed by atoms with E-state index in [0.717, 1.165) is 18.0 Å². The molecule has 1 aromatic heterocycles. The summed E-state index contributed by atoms with van der Waals surface area (Å²) in [5, 5.41) is 7.42. The molecule has 2 amide bonds. The van der Waals surface area contributed by atoms with Gasteiger partial charge in [0.2, 0.25) is 11.8 Å². The molecular weight excluding hydrogens is 388 g/mol. The Morgan fingerprint density at radius 3 is 2.53 bits per heavy atom. The number of hydrogen-bond acceptors (Lipinski definition) is 6. The highest BCUT2D eigenvalue weighted by Crippen LogP contribution is 2.29. The van der Waals surface area contributed by atoms with Gasteiger partial charge in [-0.3, -0.25) is 14.4 Å². The molecule has 2 aliphatic rings. The molecule has 2 aliphatic heterocycles. The zero-order valence-electron chi connectivity index (χ0n) is 18.0. The highest BCUT2D eigenvalue weighted by Gasteiger charge is 2.42. The molecule has 162 valence electrons. The van der Waals surface area contributed by atoms with E-state index in [2.05, 4.69) is 37.9 Å². The van der Waals surface area contributed by atoms with E-state index in [-0.39, 0.29) is 23.8 Å². The maximum atomic E-state index is 12.5. The first-order valence-electron chi connectivity index (χ1n) is 9.87. The maximum absolute atomic E-state index is 12.5. The predicted molar refractivity (Wildman–Crippen MR) is 111 cm³/mol. The van der Waals surface area contributed by atoms with Crippen molar-refractivity contribution >= 4 is 34.9 Å². The van der Waals surface area contributed by atoms with Crippen molar-refractivity contribution in [3.8, 4) is 0 Å². The van der Waals surface area contributed by atoms with Gasteiger partial charge in [0.15, 0.2) is 5.58 Å². The smallest absolute Gasteiger partial charge is 0.300 e. The van der Waals surface area contributed by atoms with Crippen molar-refractivity contribution in [1.82, 2.24) is 14.8 Å². The summed E-state index contributed by atoms with van der Waals surface area (Å²) in [6.07, 6.45) is 0. The normalized spacial score (nSPS) is 19.5. The topological polar surface area (TPSA) is 107 Å². The Morgan fingerprint density at radius 1 is 1.23 bits per heavy atom. The van der Waals surface area contributed by atoms with Crippen LogP contribution in [0.2, 0.25) is 0 Å². The molecule has 0 aliphatic carbocycles. The summed E-state index contributed by atoms with van der Waals surface area (Å²) >= 11 is 0. The Morgan fingerprint density at radius 2 is 1.90 bits per heavy atom. The minimum absolute atomic E-state index is 0.00383. The first-order valence-corrected chi connectivity index (χ1v) is 9.87. The molecule has 0 spiro atoms. The van der Waals surface area contributed by atoms with Gasteiger partial charge in [-0.25, -0.2) is 0 Å². The number of carboxylic acid groups (broad SMARTS) is 1. The summed E-state index contributed by atoms with van der Waals surface area (Å²) < 4.78 is 5.93. The highest BCUT2D eigenvalue weighted by atomic mass is 16.4. The van der Waals surface area contributed by atoms with E-state index in [0.29, 0.717) is 25.6 Å². The second-order valence-electron chi connectivity index (χ2n) is 8.69. The summed E-state index contributed by atoms with van der Waals surface area (Å²) in [4.78, 5) is 43.4. The molecular formula is C21H28N4O5. The lowest BCUT2D eigenvalue weighted by atomic mass is 9.87. The highest BCUT2D eigenvalue weighted by molar-refractivity contribution is 5.95. The molecule has 2 saturated heterocycles. The van der Waals surface area contributed by atoms with Crippen LogP contribution in [0.25, 0.3) is 11.1 Å². The van der Waals surface area contributed by atoms with Crippen LogP contribution in [0.5, 0.6) is 0 Å². The Kier molecular flexibility index (Phi) is 5.74. The molecule has 1 atom stereocenters. The third kappa shape index (κ3) is 4.39. The Balaban J connectivity index is 0.000000589. The van der Waals surface area contributed by atoms with Gasteiger partial charge < -0.3 is 24.2 Å². The number of piperazine rings is 2. The SMILES string of the molecule is CC(=O)O.CN1CC(=O)N2CCN(c3nc4cc(C(C)(C)C)ccc4o3)CC2C1=O. The standard InChI is InChI=1S/C19H24N4O3.C2H4O2/c1-19(2,3)12-5-6-15-13(9-12)20-18(26-15)22-7-8-23-14(10-22)17(25)21(4)11-16(23)24;1-2(3)4/h5-6,9,14H,7-8,10-11H2,1-4H3;1H3,(H,3,4). The lowest BCUT2D eigenvalue weighted by Crippen LogP contribution is -2.66. The van der Waals surface area contributed by atoms with Crippen molar-refractivity contribution in [1.29, 1.82) is 0 Å². The van der Waals surface area contributed by atoms with Gasteiger partial charge in [0.05, 0.1) is 13.1 Å². The van der Waals surface area contributed by atoms with Crippen LogP contribution < -0.4 is 4.90 Å². The Labute approximate surface area is 175 Å². The fourth-order valence-corrected chi connectivity index (χ4v) is 3.61. The fraction of sp³-hybridized carbons (Fsp3) is 0.524. The zero-order chi connectivity index (χ0) is 22.2. The number of benzene rings is 1. The number of anilines is 1. The quantitative estimate of drug-likeness (QED) is 0.754. The van der Waals surface area contributed by atoms with Crippen LogP contribution in [0.4, 0.5) is 6.01 Å². The third-order valence-corrected chi connectivity index (χ3v) is 5.25. The van der Waals surface area contributed by atoms with Gasteiger partial charge in [0.25, 0.3) is 12.0 Å². The number of nitrogens with zero attached hydrogens (tertiary/aromatic N) is 4. The van der Waals surface area contributed by atoms with Crippen LogP contribution in [-0.4, -0.2) is 76.9 Å². The number of hydrogen-bond donors (Lipinski definition) is 1. The fourth-order valence-electron chi connectivity index (χ4n) is 3.61. The van der Waals surface area contributed by atoms with Crippen molar-refractivity contribution in [3.05, 3.63) is 23.8 Å². The van der Waals surface area contributed by atoms with E-state index < -0.39 is 12.0 Å². The molecule has 0 bridgehead atoms. The summed E-state index contributed by atoms with van der Waals surface area (Å²) in [5.41, 5.74) is 2.79. The number of fused-ring (bicyclic) bond motifs is 2. The largest absolute Gasteiger partial charge is 0.481 e. The minimum Gasteiger partial charge on any atom is -0.481 e. The molecule has 9 heteroatoms. The van der Waals surface area contributed by atoms with Crippen molar-refractivity contribution in [3.63, 3.8) is 0 Å². The molecule has 0 radical (unpaired) electrons. The number of carbonyl (C=O) groups is 3. The number of oxazole rings is 1. The van der Waals surface area contributed by atoms with E-state index in [1.165, 1.54) is 10.5 Å². The van der Waals surface area contributed by atoms with Gasteiger partial charge >= 0.3 is 0 Å². The van der Waals surface area contributed by atoms with Gasteiger partial charge in [-0.05, 0) is 23.1 Å². The second-order valence-corrected chi connectivity index (χ2v) is 8.69. The molecule has 2 fully saturated rings. The number of rotatable bonds is 1. The summed E-state index contributed by atoms with van der Waals surface area (Å²) in [7, 11) is 1.67. The van der Waals surface area contributed by atoms with Crippen LogP contribution in [0.15, 0.2) is 22.6 Å². The van der Waals surface area contributed by atoms with Gasteiger partial charge in [-0.1, -0.05) is 26.8 Å². The maximum Gasteiger partial charge on any atom is 0.300 e. The third-order valence-electron chi connectivity index (χ3n) is 5.25. The molecule has 9 nitrogen and oxygen atoms in total. The van der Waals surface area contributed by atoms with Crippen LogP contribution >= 0.6 is 0 Å². The summed E-state index contributed by atoms with van der Waals surface area (Å²) in [6.45, 7) is 9.26. The van der Waals surface area contributed by atoms with Crippen LogP contribution in [0.3, 0.4) is 0 Å². The number of carboxylic acids is 1. The second kappa shape index (κ2) is 7.97.